The van der Waals surface area contributed by atoms with Crippen molar-refractivity contribution in [3.05, 3.63) is 16.1 Å². The van der Waals surface area contributed by atoms with Crippen molar-refractivity contribution < 1.29 is 0 Å². The number of hydrogen-bond donors (Lipinski definition) is 2. The molecule has 0 fully saturated rings. The molecule has 15 heavy (non-hydrogen) atoms. The number of aromatic nitrogens is 1. The van der Waals surface area contributed by atoms with E-state index in [0.29, 0.717) is 6.04 Å². The molecule has 0 saturated heterocycles. The predicted molar refractivity (Wildman–Crippen MR) is 66.3 cm³/mol. The molecule has 86 valence electrons. The van der Waals surface area contributed by atoms with Gasteiger partial charge in [-0.05, 0) is 26.8 Å². The monoisotopic (exact) mass is 227 g/mol. The Morgan fingerprint density at radius 1 is 1.53 bits per heavy atom. The van der Waals surface area contributed by atoms with Gasteiger partial charge >= 0.3 is 0 Å². The van der Waals surface area contributed by atoms with Crippen LogP contribution in [0.2, 0.25) is 0 Å². The highest BCUT2D eigenvalue weighted by atomic mass is 32.1. The molecule has 0 radical (unpaired) electrons. The molecule has 1 aromatic heterocycles. The van der Waals surface area contributed by atoms with E-state index >= 15 is 0 Å². The summed E-state index contributed by atoms with van der Waals surface area (Å²) >= 11 is 1.73. The first-order valence-corrected chi connectivity index (χ1v) is 6.45. The van der Waals surface area contributed by atoms with Gasteiger partial charge in [0.1, 0.15) is 0 Å². The van der Waals surface area contributed by atoms with Crippen LogP contribution in [0.15, 0.2) is 5.51 Å². The number of thiazole rings is 1. The van der Waals surface area contributed by atoms with Gasteiger partial charge in [-0.15, -0.1) is 11.3 Å². The number of nitrogens with zero attached hydrogens (tertiary/aromatic N) is 1. The third-order valence-electron chi connectivity index (χ3n) is 2.33. The molecule has 2 N–H and O–H groups in total. The topological polar surface area (TPSA) is 37.0 Å². The molecule has 4 heteroatoms. The molecule has 1 heterocycles. The summed E-state index contributed by atoms with van der Waals surface area (Å²) in [5, 5.41) is 6.90. The summed E-state index contributed by atoms with van der Waals surface area (Å²) in [5.74, 6) is 0. The smallest absolute Gasteiger partial charge is 0.0798 e. The Labute approximate surface area is 96.3 Å². The molecule has 0 amide bonds. The van der Waals surface area contributed by atoms with Gasteiger partial charge in [-0.2, -0.15) is 0 Å². The van der Waals surface area contributed by atoms with Crippen molar-refractivity contribution in [2.24, 2.45) is 0 Å². The second-order valence-electron chi connectivity index (χ2n) is 3.85. The van der Waals surface area contributed by atoms with Crippen LogP contribution >= 0.6 is 11.3 Å². The second-order valence-corrected chi connectivity index (χ2v) is 4.79. The van der Waals surface area contributed by atoms with Gasteiger partial charge in [-0.25, -0.2) is 4.98 Å². The molecular weight excluding hydrogens is 206 g/mol. The van der Waals surface area contributed by atoms with Gasteiger partial charge in [0.25, 0.3) is 0 Å². The maximum Gasteiger partial charge on any atom is 0.0798 e. The lowest BCUT2D eigenvalue weighted by Gasteiger charge is -2.13. The highest BCUT2D eigenvalue weighted by Crippen LogP contribution is 2.11. The van der Waals surface area contributed by atoms with Crippen molar-refractivity contribution >= 4 is 11.3 Å². The zero-order valence-corrected chi connectivity index (χ0v) is 10.7. The summed E-state index contributed by atoms with van der Waals surface area (Å²) in [7, 11) is 0. The summed E-state index contributed by atoms with van der Waals surface area (Å²) in [6, 6.07) is 0.512. The van der Waals surface area contributed by atoms with Crippen LogP contribution in [0.5, 0.6) is 0 Å². The van der Waals surface area contributed by atoms with Crippen molar-refractivity contribution in [3.63, 3.8) is 0 Å². The minimum atomic E-state index is 0.512. The highest BCUT2D eigenvalue weighted by Gasteiger charge is 2.04. The third-order valence-corrected chi connectivity index (χ3v) is 3.27. The minimum Gasteiger partial charge on any atom is -0.315 e. The van der Waals surface area contributed by atoms with Crippen LogP contribution in [0.25, 0.3) is 0 Å². The van der Waals surface area contributed by atoms with Crippen LogP contribution < -0.4 is 10.6 Å². The first-order chi connectivity index (χ1) is 7.24. The molecule has 0 saturated carbocycles. The molecule has 0 bridgehead atoms. The lowest BCUT2D eigenvalue weighted by Crippen LogP contribution is -2.36. The van der Waals surface area contributed by atoms with Crippen molar-refractivity contribution in [1.29, 1.82) is 0 Å². The maximum absolute atomic E-state index is 4.23. The van der Waals surface area contributed by atoms with E-state index in [1.807, 2.05) is 5.51 Å². The summed E-state index contributed by atoms with van der Waals surface area (Å²) in [6.07, 6.45) is 1.20. The van der Waals surface area contributed by atoms with Gasteiger partial charge in [0.05, 0.1) is 11.2 Å². The lowest BCUT2D eigenvalue weighted by molar-refractivity contribution is 0.502. The predicted octanol–water partition coefficient (Wildman–Crippen LogP) is 1.93. The van der Waals surface area contributed by atoms with Gasteiger partial charge in [0, 0.05) is 24.0 Å². The fraction of sp³-hybridized carbons (Fsp3) is 0.727. The maximum atomic E-state index is 4.23. The third kappa shape index (κ3) is 4.73. The molecule has 0 aliphatic rings. The molecule has 3 nitrogen and oxygen atoms in total. The standard InChI is InChI=1S/C11H21N3S/c1-4-5-12-6-9(2)13-7-11-10(3)14-8-15-11/h8-9,12-13H,4-7H2,1-3H3. The van der Waals surface area contributed by atoms with Crippen LogP contribution in [0, 0.1) is 6.92 Å². The van der Waals surface area contributed by atoms with Crippen LogP contribution in [0.3, 0.4) is 0 Å². The zero-order valence-electron chi connectivity index (χ0n) is 9.84. The molecule has 1 unspecified atom stereocenters. The van der Waals surface area contributed by atoms with Crippen LogP contribution in [0.4, 0.5) is 0 Å². The van der Waals surface area contributed by atoms with Gasteiger partial charge in [-0.1, -0.05) is 6.92 Å². The second kappa shape index (κ2) is 6.93. The average Bonchev–Trinajstić information content (AvgIpc) is 2.61. The number of nitrogens with one attached hydrogen (secondary N) is 2. The van der Waals surface area contributed by atoms with Crippen molar-refractivity contribution in [2.45, 2.75) is 39.8 Å². The Balaban J connectivity index is 2.16. The normalized spacial score (nSPS) is 13.0. The minimum absolute atomic E-state index is 0.512. The van der Waals surface area contributed by atoms with Crippen LogP contribution in [-0.2, 0) is 6.54 Å². The van der Waals surface area contributed by atoms with Gasteiger partial charge in [0.2, 0.25) is 0 Å². The molecule has 1 aromatic rings. The first-order valence-electron chi connectivity index (χ1n) is 5.57. The van der Waals surface area contributed by atoms with E-state index in [1.54, 1.807) is 11.3 Å². The van der Waals surface area contributed by atoms with Crippen molar-refractivity contribution in [3.8, 4) is 0 Å². The zero-order chi connectivity index (χ0) is 11.1. The summed E-state index contributed by atoms with van der Waals surface area (Å²) in [4.78, 5) is 5.58. The van der Waals surface area contributed by atoms with Gasteiger partial charge in [0.15, 0.2) is 0 Å². The molecule has 1 rings (SSSR count). The summed E-state index contributed by atoms with van der Waals surface area (Å²) < 4.78 is 0. The quantitative estimate of drug-likeness (QED) is 0.699. The molecule has 0 aliphatic carbocycles. The van der Waals surface area contributed by atoms with Gasteiger partial charge < -0.3 is 10.6 Å². The average molecular weight is 227 g/mol. The molecule has 1 atom stereocenters. The van der Waals surface area contributed by atoms with Crippen molar-refractivity contribution in [2.75, 3.05) is 13.1 Å². The Morgan fingerprint density at radius 2 is 2.33 bits per heavy atom. The van der Waals surface area contributed by atoms with Crippen LogP contribution in [-0.4, -0.2) is 24.1 Å². The Bertz CT molecular complexity index is 273. The fourth-order valence-electron chi connectivity index (χ4n) is 1.33. The SMILES string of the molecule is CCCNCC(C)NCc1scnc1C. The largest absolute Gasteiger partial charge is 0.315 e. The van der Waals surface area contributed by atoms with Crippen LogP contribution in [0.1, 0.15) is 30.8 Å². The number of rotatable bonds is 7. The van der Waals surface area contributed by atoms with E-state index in [-0.39, 0.29) is 0 Å². The van der Waals surface area contributed by atoms with E-state index < -0.39 is 0 Å². The summed E-state index contributed by atoms with van der Waals surface area (Å²) in [6.45, 7) is 9.53. The van der Waals surface area contributed by atoms with E-state index in [0.717, 1.165) is 25.3 Å². The van der Waals surface area contributed by atoms with Gasteiger partial charge in [-0.3, -0.25) is 0 Å². The van der Waals surface area contributed by atoms with E-state index in [9.17, 15) is 0 Å². The van der Waals surface area contributed by atoms with E-state index in [1.165, 1.54) is 11.3 Å². The number of aryl methyl sites for hydroxylation is 1. The summed E-state index contributed by atoms with van der Waals surface area (Å²) in [5.41, 5.74) is 3.06. The van der Waals surface area contributed by atoms with E-state index in [4.69, 9.17) is 0 Å². The molecule has 0 aromatic carbocycles. The fourth-order valence-corrected chi connectivity index (χ4v) is 2.06. The Hall–Kier alpha value is -0.450. The van der Waals surface area contributed by atoms with Crippen molar-refractivity contribution in [1.82, 2.24) is 15.6 Å². The molecular formula is C11H21N3S. The molecule has 0 aliphatic heterocycles. The Morgan fingerprint density at radius 3 is 2.93 bits per heavy atom. The molecule has 0 spiro atoms. The number of hydrogen-bond acceptors (Lipinski definition) is 4. The first kappa shape index (κ1) is 12.6. The highest BCUT2D eigenvalue weighted by molar-refractivity contribution is 7.09. The van der Waals surface area contributed by atoms with E-state index in [2.05, 4.69) is 36.4 Å². The Kier molecular flexibility index (Phi) is 5.83. The lowest BCUT2D eigenvalue weighted by atomic mass is 10.3.